The van der Waals surface area contributed by atoms with Crippen LogP contribution in [0.3, 0.4) is 0 Å². The standard InChI is InChI=1S/C17H20N4O2S/c1-12-19-20-17(24-12)18-16(23)14-8-5-9-21(11-14)15(22)10-13-6-3-2-4-7-13/h2-4,6-7,14H,5,8-11H2,1H3,(H,18,20,23)/t14-/m0/s1. The highest BCUT2D eigenvalue weighted by Crippen LogP contribution is 2.21. The summed E-state index contributed by atoms with van der Waals surface area (Å²) < 4.78 is 0. The van der Waals surface area contributed by atoms with Crippen molar-refractivity contribution in [1.29, 1.82) is 0 Å². The second kappa shape index (κ2) is 7.53. The van der Waals surface area contributed by atoms with Gasteiger partial charge in [0.15, 0.2) is 0 Å². The number of piperidine rings is 1. The number of likely N-dealkylation sites (tertiary alicyclic amines) is 1. The number of aromatic nitrogens is 2. The van der Waals surface area contributed by atoms with Gasteiger partial charge in [-0.3, -0.25) is 9.59 Å². The molecule has 3 rings (SSSR count). The zero-order chi connectivity index (χ0) is 16.9. The number of aryl methyl sites for hydroxylation is 1. The van der Waals surface area contributed by atoms with Crippen LogP contribution in [0.5, 0.6) is 0 Å². The third kappa shape index (κ3) is 4.17. The summed E-state index contributed by atoms with van der Waals surface area (Å²) in [5.74, 6) is -0.198. The van der Waals surface area contributed by atoms with Crippen LogP contribution in [0.2, 0.25) is 0 Å². The van der Waals surface area contributed by atoms with Gasteiger partial charge in [-0.05, 0) is 25.3 Å². The monoisotopic (exact) mass is 344 g/mol. The maximum Gasteiger partial charge on any atom is 0.231 e. The van der Waals surface area contributed by atoms with Crippen LogP contribution in [0.4, 0.5) is 5.13 Å². The number of amides is 2. The summed E-state index contributed by atoms with van der Waals surface area (Å²) in [7, 11) is 0. The summed E-state index contributed by atoms with van der Waals surface area (Å²) in [6, 6.07) is 9.69. The van der Waals surface area contributed by atoms with E-state index >= 15 is 0 Å². The molecule has 1 saturated heterocycles. The Morgan fingerprint density at radius 3 is 2.79 bits per heavy atom. The highest BCUT2D eigenvalue weighted by atomic mass is 32.1. The number of anilines is 1. The molecule has 1 atom stereocenters. The van der Waals surface area contributed by atoms with Crippen LogP contribution >= 0.6 is 11.3 Å². The van der Waals surface area contributed by atoms with Gasteiger partial charge in [0.1, 0.15) is 5.01 Å². The fourth-order valence-electron chi connectivity index (χ4n) is 2.85. The number of nitrogens with one attached hydrogen (secondary N) is 1. The molecule has 0 aliphatic carbocycles. The first kappa shape index (κ1) is 16.6. The number of carbonyl (C=O) groups is 2. The van der Waals surface area contributed by atoms with Crippen LogP contribution in [0.1, 0.15) is 23.4 Å². The van der Waals surface area contributed by atoms with Crippen LogP contribution in [-0.4, -0.2) is 40.0 Å². The molecule has 0 radical (unpaired) electrons. The summed E-state index contributed by atoms with van der Waals surface area (Å²) in [6.07, 6.45) is 2.01. The molecule has 126 valence electrons. The summed E-state index contributed by atoms with van der Waals surface area (Å²) in [4.78, 5) is 26.7. The smallest absolute Gasteiger partial charge is 0.231 e. The van der Waals surface area contributed by atoms with E-state index in [1.165, 1.54) is 11.3 Å². The minimum atomic E-state index is -0.192. The first-order valence-electron chi connectivity index (χ1n) is 8.04. The Labute approximate surface area is 144 Å². The Bertz CT molecular complexity index is 716. The van der Waals surface area contributed by atoms with Crippen molar-refractivity contribution in [2.45, 2.75) is 26.2 Å². The normalized spacial score (nSPS) is 17.5. The molecule has 0 unspecified atom stereocenters. The summed E-state index contributed by atoms with van der Waals surface area (Å²) >= 11 is 1.35. The highest BCUT2D eigenvalue weighted by molar-refractivity contribution is 7.15. The summed E-state index contributed by atoms with van der Waals surface area (Å²) in [6.45, 7) is 3.03. The van der Waals surface area contributed by atoms with Crippen LogP contribution in [-0.2, 0) is 16.0 Å². The molecule has 1 aromatic carbocycles. The van der Waals surface area contributed by atoms with Crippen LogP contribution in [0, 0.1) is 12.8 Å². The van der Waals surface area contributed by atoms with E-state index in [-0.39, 0.29) is 17.7 Å². The molecule has 1 fully saturated rings. The first-order valence-corrected chi connectivity index (χ1v) is 8.86. The van der Waals surface area contributed by atoms with Crippen molar-refractivity contribution in [3.05, 3.63) is 40.9 Å². The molecular weight excluding hydrogens is 324 g/mol. The Balaban J connectivity index is 1.57. The Kier molecular flexibility index (Phi) is 5.20. The zero-order valence-electron chi connectivity index (χ0n) is 13.6. The third-order valence-corrected chi connectivity index (χ3v) is 4.85. The molecule has 0 spiro atoms. The molecule has 1 aliphatic rings. The number of benzene rings is 1. The molecule has 0 bridgehead atoms. The predicted molar refractivity (Wildman–Crippen MR) is 92.7 cm³/mol. The van der Waals surface area contributed by atoms with Crippen molar-refractivity contribution in [3.8, 4) is 0 Å². The van der Waals surface area contributed by atoms with E-state index in [9.17, 15) is 9.59 Å². The largest absolute Gasteiger partial charge is 0.342 e. The molecular formula is C17H20N4O2S. The van der Waals surface area contributed by atoms with Crippen molar-refractivity contribution in [2.24, 2.45) is 5.92 Å². The van der Waals surface area contributed by atoms with Gasteiger partial charge in [-0.25, -0.2) is 0 Å². The maximum absolute atomic E-state index is 12.5. The SMILES string of the molecule is Cc1nnc(NC(=O)[C@H]2CCCN(C(=O)Cc3ccccc3)C2)s1. The lowest BCUT2D eigenvalue weighted by Gasteiger charge is -2.32. The van der Waals surface area contributed by atoms with Crippen molar-refractivity contribution in [2.75, 3.05) is 18.4 Å². The fraction of sp³-hybridized carbons (Fsp3) is 0.412. The van der Waals surface area contributed by atoms with E-state index in [0.29, 0.717) is 24.6 Å². The van der Waals surface area contributed by atoms with Gasteiger partial charge in [0, 0.05) is 13.1 Å². The van der Waals surface area contributed by atoms with Gasteiger partial charge in [0.05, 0.1) is 12.3 Å². The molecule has 0 saturated carbocycles. The minimum Gasteiger partial charge on any atom is -0.342 e. The topological polar surface area (TPSA) is 75.2 Å². The number of hydrogen-bond donors (Lipinski definition) is 1. The third-order valence-electron chi connectivity index (χ3n) is 4.10. The lowest BCUT2D eigenvalue weighted by atomic mass is 9.96. The second-order valence-corrected chi connectivity index (χ2v) is 7.14. The van der Waals surface area contributed by atoms with Crippen LogP contribution < -0.4 is 5.32 Å². The van der Waals surface area contributed by atoms with E-state index in [0.717, 1.165) is 23.4 Å². The maximum atomic E-state index is 12.5. The van der Waals surface area contributed by atoms with Gasteiger partial charge in [0.2, 0.25) is 16.9 Å². The van der Waals surface area contributed by atoms with Crippen molar-refractivity contribution < 1.29 is 9.59 Å². The van der Waals surface area contributed by atoms with E-state index in [1.54, 1.807) is 4.90 Å². The molecule has 2 aromatic rings. The average molecular weight is 344 g/mol. The van der Waals surface area contributed by atoms with E-state index in [4.69, 9.17) is 0 Å². The van der Waals surface area contributed by atoms with Gasteiger partial charge in [-0.2, -0.15) is 0 Å². The predicted octanol–water partition coefficient (Wildman–Crippen LogP) is 2.27. The molecule has 2 heterocycles. The number of hydrogen-bond acceptors (Lipinski definition) is 5. The Hall–Kier alpha value is -2.28. The highest BCUT2D eigenvalue weighted by Gasteiger charge is 2.28. The number of rotatable bonds is 4. The van der Waals surface area contributed by atoms with E-state index < -0.39 is 0 Å². The lowest BCUT2D eigenvalue weighted by molar-refractivity contribution is -0.133. The van der Waals surface area contributed by atoms with Gasteiger partial charge < -0.3 is 10.2 Å². The summed E-state index contributed by atoms with van der Waals surface area (Å²) in [5, 5.41) is 12.0. The van der Waals surface area contributed by atoms with Gasteiger partial charge in [-0.15, -0.1) is 10.2 Å². The molecule has 7 heteroatoms. The molecule has 1 N–H and O–H groups in total. The van der Waals surface area contributed by atoms with E-state index in [1.807, 2.05) is 37.3 Å². The van der Waals surface area contributed by atoms with Crippen LogP contribution in [0.15, 0.2) is 30.3 Å². The average Bonchev–Trinajstić information content (AvgIpc) is 3.00. The fourth-order valence-corrected chi connectivity index (χ4v) is 3.45. The van der Waals surface area contributed by atoms with Crippen molar-refractivity contribution in [3.63, 3.8) is 0 Å². The molecule has 1 aromatic heterocycles. The van der Waals surface area contributed by atoms with Crippen molar-refractivity contribution in [1.82, 2.24) is 15.1 Å². The van der Waals surface area contributed by atoms with Gasteiger partial charge in [0.25, 0.3) is 0 Å². The molecule has 2 amide bonds. The van der Waals surface area contributed by atoms with Crippen molar-refractivity contribution >= 4 is 28.3 Å². The van der Waals surface area contributed by atoms with Gasteiger partial charge >= 0.3 is 0 Å². The second-order valence-electron chi connectivity index (χ2n) is 5.96. The Morgan fingerprint density at radius 2 is 2.08 bits per heavy atom. The first-order chi connectivity index (χ1) is 11.6. The Morgan fingerprint density at radius 1 is 1.29 bits per heavy atom. The quantitative estimate of drug-likeness (QED) is 0.923. The lowest BCUT2D eigenvalue weighted by Crippen LogP contribution is -2.44. The number of nitrogens with zero attached hydrogens (tertiary/aromatic N) is 3. The molecule has 24 heavy (non-hydrogen) atoms. The minimum absolute atomic E-state index is 0.0745. The van der Waals surface area contributed by atoms with Crippen LogP contribution in [0.25, 0.3) is 0 Å². The van der Waals surface area contributed by atoms with Gasteiger partial charge in [-0.1, -0.05) is 41.7 Å². The summed E-state index contributed by atoms with van der Waals surface area (Å²) in [5.41, 5.74) is 0.999. The molecule has 6 nitrogen and oxygen atoms in total. The number of carbonyl (C=O) groups excluding carboxylic acids is 2. The zero-order valence-corrected chi connectivity index (χ0v) is 14.4. The van der Waals surface area contributed by atoms with E-state index in [2.05, 4.69) is 15.5 Å². The molecule has 1 aliphatic heterocycles.